The van der Waals surface area contributed by atoms with E-state index in [0.717, 1.165) is 0 Å². The first-order chi connectivity index (χ1) is 6.58. The van der Waals surface area contributed by atoms with E-state index in [1.807, 2.05) is 22.6 Å². The molecule has 0 aromatic carbocycles. The van der Waals surface area contributed by atoms with E-state index in [9.17, 15) is 9.59 Å². The van der Waals surface area contributed by atoms with E-state index in [-0.39, 0.29) is 6.07 Å². The Hall–Kier alpha value is 0.0500. The van der Waals surface area contributed by atoms with Crippen molar-refractivity contribution in [3.63, 3.8) is 0 Å². The van der Waals surface area contributed by atoms with Gasteiger partial charge in [-0.2, -0.15) is 0 Å². The third kappa shape index (κ3) is 18.0. The van der Waals surface area contributed by atoms with E-state index in [1.165, 1.54) is 0 Å². The van der Waals surface area contributed by atoms with Crippen LogP contribution < -0.4 is 0 Å². The Labute approximate surface area is 105 Å². The fourth-order valence-corrected chi connectivity index (χ4v) is 0.711. The van der Waals surface area contributed by atoms with Gasteiger partial charge in [0.1, 0.15) is 4.61 Å². The van der Waals surface area contributed by atoms with Crippen molar-refractivity contribution in [1.29, 1.82) is 0 Å². The zero-order valence-corrected chi connectivity index (χ0v) is 11.0. The zero-order chi connectivity index (χ0) is 11.4. The number of halogens is 3. The average molecular weight is 359 g/mol. The van der Waals surface area contributed by atoms with Gasteiger partial charge in [-0.15, -0.1) is 0 Å². The Morgan fingerprint density at radius 2 is 1.86 bits per heavy atom. The lowest BCUT2D eigenvalue weighted by molar-refractivity contribution is 0.0751. The molecule has 0 aliphatic carbocycles. The Morgan fingerprint density at radius 3 is 2.07 bits per heavy atom. The third-order valence-electron chi connectivity index (χ3n) is 0.603. The molecule has 5 nitrogen and oxygen atoms in total. The van der Waals surface area contributed by atoms with Crippen LogP contribution in [-0.2, 0) is 14.2 Å². The Kier molecular flexibility index (Phi) is 15.4. The summed E-state index contributed by atoms with van der Waals surface area (Å²) in [4.78, 5) is 19.7. The maximum atomic E-state index is 10.2. The van der Waals surface area contributed by atoms with Crippen LogP contribution in [0.25, 0.3) is 0 Å². The summed E-state index contributed by atoms with van der Waals surface area (Å²) in [7, 11) is 0. The number of carbonyl (C=O) groups is 2. The molecule has 0 heterocycles. The number of hydrogen-bond donors (Lipinski definition) is 0. The quantitative estimate of drug-likeness (QED) is 0.336. The van der Waals surface area contributed by atoms with Gasteiger partial charge in [-0.05, 0) is 29.5 Å². The highest BCUT2D eigenvalue weighted by molar-refractivity contribution is 14.1. The number of hydrogen-bond acceptors (Lipinski definition) is 5. The molecular weight excluding hydrogens is 350 g/mol. The molecule has 0 radical (unpaired) electrons. The van der Waals surface area contributed by atoms with Crippen molar-refractivity contribution in [2.45, 2.75) is 6.92 Å². The number of ether oxygens (including phenoxy) is 3. The summed E-state index contributed by atoms with van der Waals surface area (Å²) in [6.07, 6.45) is -0.595. The lowest BCUT2D eigenvalue weighted by Gasteiger charge is -1.97. The molecule has 0 saturated carbocycles. The van der Waals surface area contributed by atoms with Crippen molar-refractivity contribution < 1.29 is 23.8 Å². The fourth-order valence-electron chi connectivity index (χ4n) is 0.247. The van der Waals surface area contributed by atoms with Gasteiger partial charge in [0.25, 0.3) is 0 Å². The van der Waals surface area contributed by atoms with Gasteiger partial charge >= 0.3 is 11.6 Å². The number of rotatable bonds is 3. The summed E-state index contributed by atoms with van der Waals surface area (Å²) >= 11 is 11.4. The van der Waals surface area contributed by atoms with Gasteiger partial charge in [0.2, 0.25) is 0 Å². The molecule has 84 valence electrons. The van der Waals surface area contributed by atoms with Crippen molar-refractivity contribution in [2.75, 3.05) is 17.3 Å². The second-order valence-corrected chi connectivity index (χ2v) is 2.58. The molecule has 0 unspecified atom stereocenters. The highest BCUT2D eigenvalue weighted by Gasteiger charge is 1.96. The molecule has 0 bridgehead atoms. The van der Waals surface area contributed by atoms with Crippen LogP contribution in [0.4, 0.5) is 9.59 Å². The monoisotopic (exact) mass is 358 g/mol. The van der Waals surface area contributed by atoms with Crippen LogP contribution in [0.3, 0.4) is 0 Å². The van der Waals surface area contributed by atoms with Crippen LogP contribution >= 0.6 is 45.8 Å². The molecule has 8 heteroatoms. The molecule has 0 rings (SSSR count). The van der Waals surface area contributed by atoms with E-state index >= 15 is 0 Å². The molecular formula is C6H9Cl2IO5. The molecule has 0 saturated heterocycles. The van der Waals surface area contributed by atoms with Gasteiger partial charge < -0.3 is 14.2 Å². The van der Waals surface area contributed by atoms with E-state index < -0.39 is 11.6 Å². The largest absolute Gasteiger partial charge is 0.509 e. The van der Waals surface area contributed by atoms with Crippen molar-refractivity contribution in [3.05, 3.63) is 0 Å². The first kappa shape index (κ1) is 16.5. The lowest BCUT2D eigenvalue weighted by atomic mass is 10.9. The minimum atomic E-state index is -0.870. The van der Waals surface area contributed by atoms with Crippen molar-refractivity contribution >= 4 is 57.4 Å². The Balaban J connectivity index is 0. The standard InChI is InChI=1S/C4H7IO3.C2H2Cl2O2/c1-2-7-4(6)8-3-5;3-1-6-2(4)5/h2-3H2,1H3;1H2. The minimum Gasteiger partial charge on any atom is -0.437 e. The summed E-state index contributed by atoms with van der Waals surface area (Å²) in [5, 5.41) is 0. The van der Waals surface area contributed by atoms with Gasteiger partial charge in [0, 0.05) is 11.6 Å². The van der Waals surface area contributed by atoms with Crippen LogP contribution in [0.1, 0.15) is 6.92 Å². The molecule has 0 spiro atoms. The molecule has 0 aromatic heterocycles. The predicted molar refractivity (Wildman–Crippen MR) is 60.0 cm³/mol. The van der Waals surface area contributed by atoms with E-state index in [1.54, 1.807) is 6.92 Å². The van der Waals surface area contributed by atoms with Crippen molar-refractivity contribution in [2.24, 2.45) is 0 Å². The lowest BCUT2D eigenvalue weighted by Crippen LogP contribution is -2.04. The molecule has 0 fully saturated rings. The zero-order valence-electron chi connectivity index (χ0n) is 7.30. The normalized spacial score (nSPS) is 8.00. The fraction of sp³-hybridized carbons (Fsp3) is 0.667. The summed E-state index contributed by atoms with van der Waals surface area (Å²) < 4.78 is 13.1. The summed E-state index contributed by atoms with van der Waals surface area (Å²) in [6.45, 7) is 2.10. The van der Waals surface area contributed by atoms with Crippen molar-refractivity contribution in [1.82, 2.24) is 0 Å². The van der Waals surface area contributed by atoms with Crippen LogP contribution in [0.5, 0.6) is 0 Å². The van der Waals surface area contributed by atoms with Crippen LogP contribution in [-0.4, -0.2) is 28.9 Å². The number of alkyl halides is 2. The smallest absolute Gasteiger partial charge is 0.437 e. The van der Waals surface area contributed by atoms with E-state index in [0.29, 0.717) is 11.2 Å². The van der Waals surface area contributed by atoms with Crippen molar-refractivity contribution in [3.8, 4) is 0 Å². The SMILES string of the molecule is CCOC(=O)OCI.O=C(Cl)OCCl. The molecule has 0 aliphatic rings. The van der Waals surface area contributed by atoms with Crippen LogP contribution in [0, 0.1) is 0 Å². The summed E-state index contributed by atoms with van der Waals surface area (Å²) in [5.74, 6) is 0. The van der Waals surface area contributed by atoms with Gasteiger partial charge in [-0.3, -0.25) is 0 Å². The van der Waals surface area contributed by atoms with E-state index in [2.05, 4.69) is 25.8 Å². The molecule has 0 aliphatic heterocycles. The molecule has 14 heavy (non-hydrogen) atoms. The van der Waals surface area contributed by atoms with Crippen LogP contribution in [0.2, 0.25) is 0 Å². The highest BCUT2D eigenvalue weighted by Crippen LogP contribution is 1.88. The summed E-state index contributed by atoms with van der Waals surface area (Å²) in [6, 6.07) is -0.178. The topological polar surface area (TPSA) is 61.8 Å². The maximum Gasteiger partial charge on any atom is 0.509 e. The molecule has 0 aromatic rings. The Bertz CT molecular complexity index is 158. The molecule has 0 atom stereocenters. The average Bonchev–Trinajstić information content (AvgIpc) is 2.05. The van der Waals surface area contributed by atoms with E-state index in [4.69, 9.17) is 11.6 Å². The molecule has 0 N–H and O–H groups in total. The van der Waals surface area contributed by atoms with Gasteiger partial charge in [0.05, 0.1) is 6.61 Å². The second-order valence-electron chi connectivity index (χ2n) is 1.43. The number of carbonyl (C=O) groups excluding carboxylic acids is 2. The summed E-state index contributed by atoms with van der Waals surface area (Å²) in [5.41, 5.74) is -0.870. The first-order valence-electron chi connectivity index (χ1n) is 3.32. The maximum absolute atomic E-state index is 10.2. The first-order valence-corrected chi connectivity index (χ1v) is 5.76. The van der Waals surface area contributed by atoms with Crippen LogP contribution in [0.15, 0.2) is 0 Å². The van der Waals surface area contributed by atoms with Gasteiger partial charge in [-0.25, -0.2) is 9.59 Å². The predicted octanol–water partition coefficient (Wildman–Crippen LogP) is 3.11. The Morgan fingerprint density at radius 1 is 1.29 bits per heavy atom. The van der Waals surface area contributed by atoms with Gasteiger partial charge in [0.15, 0.2) is 6.07 Å². The van der Waals surface area contributed by atoms with Gasteiger partial charge in [-0.1, -0.05) is 11.6 Å². The minimum absolute atomic E-state index is 0.178. The highest BCUT2D eigenvalue weighted by atomic mass is 127. The second kappa shape index (κ2) is 13.1. The molecule has 0 amide bonds. The third-order valence-corrected chi connectivity index (χ3v) is 1.13.